The van der Waals surface area contributed by atoms with Gasteiger partial charge in [0, 0.05) is 12.0 Å². The van der Waals surface area contributed by atoms with Crippen molar-refractivity contribution in [2.45, 2.75) is 32.3 Å². The molecule has 0 aromatic heterocycles. The fourth-order valence-corrected chi connectivity index (χ4v) is 2.06. The summed E-state index contributed by atoms with van der Waals surface area (Å²) in [5.41, 5.74) is 2.74. The molecule has 19 heavy (non-hydrogen) atoms. The summed E-state index contributed by atoms with van der Waals surface area (Å²) in [7, 11) is 0. The van der Waals surface area contributed by atoms with E-state index in [1.165, 1.54) is 0 Å². The number of nitrogens with two attached hydrogens (primary N) is 1. The molecule has 0 atom stereocenters. The van der Waals surface area contributed by atoms with E-state index in [1.807, 2.05) is 37.6 Å². The van der Waals surface area contributed by atoms with Crippen molar-refractivity contribution >= 4 is 5.97 Å². The van der Waals surface area contributed by atoms with Crippen LogP contribution in [-0.4, -0.2) is 18.2 Å². The molecule has 0 amide bonds. The van der Waals surface area contributed by atoms with Gasteiger partial charge in [0.15, 0.2) is 11.5 Å². The predicted molar refractivity (Wildman–Crippen MR) is 68.4 cm³/mol. The molecule has 1 aromatic carbocycles. The van der Waals surface area contributed by atoms with E-state index in [0.717, 1.165) is 17.7 Å². The highest BCUT2D eigenvalue weighted by atomic mass is 16.7. The standard InChI is InChI=1S/C13H18N2O4/c1-13(2)8-9-4-3-5-10(12(9)18-13)17-7-6-11(16)19-15-14/h3-5,15H,6-8,14H2,1-2H3. The van der Waals surface area contributed by atoms with Gasteiger partial charge < -0.3 is 14.3 Å². The minimum Gasteiger partial charge on any atom is -0.489 e. The Morgan fingerprint density at radius 2 is 2.32 bits per heavy atom. The highest BCUT2D eigenvalue weighted by Crippen LogP contribution is 2.41. The number of ether oxygens (including phenoxy) is 2. The fourth-order valence-electron chi connectivity index (χ4n) is 2.06. The zero-order valence-electron chi connectivity index (χ0n) is 11.1. The van der Waals surface area contributed by atoms with E-state index < -0.39 is 5.97 Å². The predicted octanol–water partition coefficient (Wildman–Crippen LogP) is 1.09. The molecule has 0 bridgehead atoms. The summed E-state index contributed by atoms with van der Waals surface area (Å²) in [5.74, 6) is 5.80. The number of nitrogens with one attached hydrogen (secondary N) is 1. The lowest BCUT2D eigenvalue weighted by molar-refractivity contribution is -0.151. The van der Waals surface area contributed by atoms with Crippen molar-refractivity contribution in [1.29, 1.82) is 0 Å². The molecule has 0 unspecified atom stereocenters. The summed E-state index contributed by atoms with van der Waals surface area (Å²) < 4.78 is 11.4. The van der Waals surface area contributed by atoms with E-state index in [4.69, 9.17) is 15.3 Å². The molecule has 0 saturated heterocycles. The average Bonchev–Trinajstić information content (AvgIpc) is 2.64. The number of benzene rings is 1. The summed E-state index contributed by atoms with van der Waals surface area (Å²) in [6.07, 6.45) is 0.954. The van der Waals surface area contributed by atoms with Crippen LogP contribution in [0.5, 0.6) is 11.5 Å². The molecule has 0 radical (unpaired) electrons. The van der Waals surface area contributed by atoms with Gasteiger partial charge in [-0.3, -0.25) is 4.79 Å². The van der Waals surface area contributed by atoms with Crippen molar-refractivity contribution in [2.75, 3.05) is 6.61 Å². The Kier molecular flexibility index (Phi) is 3.92. The third-order valence-corrected chi connectivity index (χ3v) is 2.79. The molecule has 0 saturated carbocycles. The fraction of sp³-hybridized carbons (Fsp3) is 0.462. The van der Waals surface area contributed by atoms with Crippen LogP contribution in [0.4, 0.5) is 0 Å². The zero-order valence-corrected chi connectivity index (χ0v) is 11.1. The van der Waals surface area contributed by atoms with Crippen LogP contribution in [0.25, 0.3) is 0 Å². The third-order valence-electron chi connectivity index (χ3n) is 2.79. The highest BCUT2D eigenvalue weighted by Gasteiger charge is 2.32. The van der Waals surface area contributed by atoms with Gasteiger partial charge in [0.2, 0.25) is 0 Å². The Bertz CT molecular complexity index is 474. The monoisotopic (exact) mass is 266 g/mol. The molecule has 1 aliphatic heterocycles. The van der Waals surface area contributed by atoms with Crippen LogP contribution in [-0.2, 0) is 16.1 Å². The van der Waals surface area contributed by atoms with Crippen LogP contribution < -0.4 is 20.9 Å². The molecule has 104 valence electrons. The van der Waals surface area contributed by atoms with E-state index in [9.17, 15) is 4.79 Å². The van der Waals surface area contributed by atoms with Crippen LogP contribution >= 0.6 is 0 Å². The molecule has 1 aromatic rings. The largest absolute Gasteiger partial charge is 0.489 e. The summed E-state index contributed by atoms with van der Waals surface area (Å²) in [6.45, 7) is 4.27. The lowest BCUT2D eigenvalue weighted by Crippen LogP contribution is -2.27. The van der Waals surface area contributed by atoms with Crippen molar-refractivity contribution in [1.82, 2.24) is 5.59 Å². The molecule has 3 N–H and O–H groups in total. The van der Waals surface area contributed by atoms with Crippen LogP contribution in [0, 0.1) is 0 Å². The number of hydrazine groups is 1. The number of hydrogen-bond acceptors (Lipinski definition) is 6. The number of carbonyl (C=O) groups excluding carboxylic acids is 1. The smallest absolute Gasteiger partial charge is 0.329 e. The lowest BCUT2D eigenvalue weighted by atomic mass is 10.0. The van der Waals surface area contributed by atoms with Gasteiger partial charge in [-0.25, -0.2) is 5.84 Å². The second kappa shape index (κ2) is 5.46. The van der Waals surface area contributed by atoms with Gasteiger partial charge in [0.05, 0.1) is 13.0 Å². The van der Waals surface area contributed by atoms with Gasteiger partial charge in [-0.1, -0.05) is 17.7 Å². The van der Waals surface area contributed by atoms with Crippen molar-refractivity contribution in [3.8, 4) is 11.5 Å². The maximum absolute atomic E-state index is 11.1. The molecule has 1 heterocycles. The Morgan fingerprint density at radius 3 is 3.05 bits per heavy atom. The van der Waals surface area contributed by atoms with Crippen LogP contribution in [0.3, 0.4) is 0 Å². The van der Waals surface area contributed by atoms with Gasteiger partial charge >= 0.3 is 5.97 Å². The molecule has 0 fully saturated rings. The first-order valence-corrected chi connectivity index (χ1v) is 6.11. The Balaban J connectivity index is 1.96. The van der Waals surface area contributed by atoms with Crippen molar-refractivity contribution in [2.24, 2.45) is 5.84 Å². The summed E-state index contributed by atoms with van der Waals surface area (Å²) in [5, 5.41) is 0. The highest BCUT2D eigenvalue weighted by molar-refractivity contribution is 5.69. The SMILES string of the molecule is CC1(C)Cc2cccc(OCCC(=O)ONN)c2O1. The van der Waals surface area contributed by atoms with Gasteiger partial charge in [-0.2, -0.15) is 0 Å². The molecular formula is C13H18N2O4. The molecule has 6 nitrogen and oxygen atoms in total. The summed E-state index contributed by atoms with van der Waals surface area (Å²) in [6, 6.07) is 5.76. The topological polar surface area (TPSA) is 82.8 Å². The van der Waals surface area contributed by atoms with Crippen molar-refractivity contribution < 1.29 is 19.1 Å². The number of rotatable bonds is 5. The van der Waals surface area contributed by atoms with Gasteiger partial charge in [0.1, 0.15) is 5.60 Å². The lowest BCUT2D eigenvalue weighted by Gasteiger charge is -2.18. The van der Waals surface area contributed by atoms with Gasteiger partial charge in [-0.15, -0.1) is 0 Å². The van der Waals surface area contributed by atoms with Crippen molar-refractivity contribution in [3.05, 3.63) is 23.8 Å². The normalized spacial score (nSPS) is 15.5. The first-order chi connectivity index (χ1) is 9.02. The average molecular weight is 266 g/mol. The van der Waals surface area contributed by atoms with E-state index in [1.54, 1.807) is 0 Å². The minimum absolute atomic E-state index is 0.108. The Morgan fingerprint density at radius 1 is 1.53 bits per heavy atom. The maximum Gasteiger partial charge on any atom is 0.329 e. The summed E-state index contributed by atoms with van der Waals surface area (Å²) in [4.78, 5) is 15.5. The number of hydrogen-bond donors (Lipinski definition) is 2. The van der Waals surface area contributed by atoms with Crippen molar-refractivity contribution in [3.63, 3.8) is 0 Å². The second-order valence-corrected chi connectivity index (χ2v) is 4.97. The van der Waals surface area contributed by atoms with E-state index in [0.29, 0.717) is 5.75 Å². The number of para-hydroxylation sites is 1. The van der Waals surface area contributed by atoms with Gasteiger partial charge in [-0.05, 0) is 19.9 Å². The second-order valence-electron chi connectivity index (χ2n) is 4.97. The molecule has 2 rings (SSSR count). The Hall–Kier alpha value is -1.79. The van der Waals surface area contributed by atoms with E-state index in [2.05, 4.69) is 4.84 Å². The first-order valence-electron chi connectivity index (χ1n) is 6.11. The van der Waals surface area contributed by atoms with E-state index >= 15 is 0 Å². The quantitative estimate of drug-likeness (QED) is 0.613. The molecular weight excluding hydrogens is 248 g/mol. The van der Waals surface area contributed by atoms with E-state index in [-0.39, 0.29) is 18.6 Å². The molecule has 0 aliphatic carbocycles. The molecule has 1 aliphatic rings. The minimum atomic E-state index is -0.476. The van der Waals surface area contributed by atoms with Crippen LogP contribution in [0.2, 0.25) is 0 Å². The third kappa shape index (κ3) is 3.36. The number of carbonyl (C=O) groups is 1. The first kappa shape index (κ1) is 13.6. The maximum atomic E-state index is 11.1. The van der Waals surface area contributed by atoms with Crippen LogP contribution in [0.15, 0.2) is 18.2 Å². The molecule has 6 heteroatoms. The Labute approximate surface area is 111 Å². The molecule has 0 spiro atoms. The van der Waals surface area contributed by atoms with Gasteiger partial charge in [0.25, 0.3) is 0 Å². The van der Waals surface area contributed by atoms with Crippen LogP contribution in [0.1, 0.15) is 25.8 Å². The number of fused-ring (bicyclic) bond motifs is 1. The summed E-state index contributed by atoms with van der Waals surface area (Å²) >= 11 is 0. The zero-order chi connectivity index (χ0) is 13.9.